The average Bonchev–Trinajstić information content (AvgIpc) is 3.18. The Bertz CT molecular complexity index is 620. The second-order valence-electron chi connectivity index (χ2n) is 5.84. The molecule has 0 radical (unpaired) electrons. The van der Waals surface area contributed by atoms with Crippen LogP contribution in [0.3, 0.4) is 0 Å². The Balaban J connectivity index is 1.60. The number of anilines is 1. The first kappa shape index (κ1) is 14.6. The maximum atomic E-state index is 5.74. The molecular weight excluding hydrogens is 330 g/mol. The van der Waals surface area contributed by atoms with Gasteiger partial charge in [-0.05, 0) is 44.6 Å². The highest BCUT2D eigenvalue weighted by atomic mass is 79.9. The predicted octanol–water partition coefficient (Wildman–Crippen LogP) is 3.99. The molecular formula is C16H20BrN3O. The van der Waals surface area contributed by atoms with Crippen LogP contribution in [0, 0.1) is 0 Å². The third kappa shape index (κ3) is 3.86. The van der Waals surface area contributed by atoms with Crippen LogP contribution in [0.5, 0.6) is 0 Å². The lowest BCUT2D eigenvalue weighted by atomic mass is 10.2. The first-order chi connectivity index (χ1) is 10.1. The molecule has 0 bridgehead atoms. The molecule has 5 heteroatoms. The van der Waals surface area contributed by atoms with Crippen LogP contribution in [0.25, 0.3) is 0 Å². The summed E-state index contributed by atoms with van der Waals surface area (Å²) in [7, 11) is 4.14. The fourth-order valence-electron chi connectivity index (χ4n) is 2.24. The van der Waals surface area contributed by atoms with Gasteiger partial charge < -0.3 is 14.6 Å². The van der Waals surface area contributed by atoms with Crippen molar-refractivity contribution >= 4 is 21.6 Å². The van der Waals surface area contributed by atoms with Crippen molar-refractivity contribution in [2.24, 2.45) is 0 Å². The van der Waals surface area contributed by atoms with E-state index in [-0.39, 0.29) is 0 Å². The molecule has 2 aromatic rings. The summed E-state index contributed by atoms with van der Waals surface area (Å²) < 4.78 is 6.87. The molecule has 0 spiro atoms. The van der Waals surface area contributed by atoms with Crippen molar-refractivity contribution in [1.82, 2.24) is 9.88 Å². The minimum Gasteiger partial charge on any atom is -0.444 e. The van der Waals surface area contributed by atoms with E-state index >= 15 is 0 Å². The monoisotopic (exact) mass is 349 g/mol. The van der Waals surface area contributed by atoms with Gasteiger partial charge in [-0.2, -0.15) is 0 Å². The third-order valence-electron chi connectivity index (χ3n) is 3.50. The number of rotatable bonds is 6. The maximum absolute atomic E-state index is 5.74. The largest absolute Gasteiger partial charge is 0.444 e. The highest BCUT2D eigenvalue weighted by Gasteiger charge is 2.28. The summed E-state index contributed by atoms with van der Waals surface area (Å²) in [4.78, 5) is 6.49. The minimum atomic E-state index is 0.568. The van der Waals surface area contributed by atoms with E-state index in [0.717, 1.165) is 28.4 Å². The van der Waals surface area contributed by atoms with Crippen molar-refractivity contribution in [3.05, 3.63) is 46.1 Å². The SMILES string of the molecule is CN(C)Cc1ccc(NCc2cnc(C3CC3)o2)cc1Br. The first-order valence-corrected chi connectivity index (χ1v) is 8.03. The molecule has 1 heterocycles. The molecule has 0 aliphatic heterocycles. The lowest BCUT2D eigenvalue weighted by molar-refractivity contribution is 0.401. The molecule has 21 heavy (non-hydrogen) atoms. The Morgan fingerprint density at radius 3 is 2.86 bits per heavy atom. The number of nitrogens with zero attached hydrogens (tertiary/aromatic N) is 2. The summed E-state index contributed by atoms with van der Waals surface area (Å²) in [6, 6.07) is 6.35. The summed E-state index contributed by atoms with van der Waals surface area (Å²) in [6.45, 7) is 1.59. The maximum Gasteiger partial charge on any atom is 0.197 e. The second-order valence-corrected chi connectivity index (χ2v) is 6.69. The number of aromatic nitrogens is 1. The van der Waals surface area contributed by atoms with E-state index in [2.05, 4.69) is 63.4 Å². The molecule has 1 saturated carbocycles. The zero-order chi connectivity index (χ0) is 14.8. The molecule has 0 amide bonds. The van der Waals surface area contributed by atoms with Gasteiger partial charge in [-0.1, -0.05) is 22.0 Å². The number of oxazole rings is 1. The van der Waals surface area contributed by atoms with Crippen molar-refractivity contribution in [2.75, 3.05) is 19.4 Å². The van der Waals surface area contributed by atoms with Gasteiger partial charge in [0.1, 0.15) is 5.76 Å². The second kappa shape index (κ2) is 6.20. The predicted molar refractivity (Wildman–Crippen MR) is 87.3 cm³/mol. The van der Waals surface area contributed by atoms with E-state index in [1.54, 1.807) is 0 Å². The summed E-state index contributed by atoms with van der Waals surface area (Å²) in [6.07, 6.45) is 4.26. The fraction of sp³-hybridized carbons (Fsp3) is 0.438. The van der Waals surface area contributed by atoms with Crippen LogP contribution in [0.15, 0.2) is 33.3 Å². The van der Waals surface area contributed by atoms with Gasteiger partial charge in [0.05, 0.1) is 12.7 Å². The highest BCUT2D eigenvalue weighted by molar-refractivity contribution is 9.10. The average molecular weight is 350 g/mol. The Morgan fingerprint density at radius 2 is 2.19 bits per heavy atom. The topological polar surface area (TPSA) is 41.3 Å². The van der Waals surface area contributed by atoms with E-state index < -0.39 is 0 Å². The van der Waals surface area contributed by atoms with Crippen LogP contribution >= 0.6 is 15.9 Å². The number of halogens is 1. The van der Waals surface area contributed by atoms with Crippen LogP contribution in [-0.2, 0) is 13.1 Å². The number of nitrogens with one attached hydrogen (secondary N) is 1. The van der Waals surface area contributed by atoms with Crippen molar-refractivity contribution < 1.29 is 4.42 Å². The van der Waals surface area contributed by atoms with Crippen molar-refractivity contribution in [3.63, 3.8) is 0 Å². The molecule has 1 aromatic carbocycles. The molecule has 0 atom stereocenters. The van der Waals surface area contributed by atoms with Gasteiger partial charge >= 0.3 is 0 Å². The van der Waals surface area contributed by atoms with Gasteiger partial charge in [0.2, 0.25) is 0 Å². The molecule has 1 aromatic heterocycles. The summed E-state index contributed by atoms with van der Waals surface area (Å²) in [5.41, 5.74) is 2.36. The molecule has 0 saturated heterocycles. The van der Waals surface area contributed by atoms with Crippen molar-refractivity contribution in [3.8, 4) is 0 Å². The van der Waals surface area contributed by atoms with E-state index in [1.165, 1.54) is 18.4 Å². The Labute approximate surface area is 133 Å². The minimum absolute atomic E-state index is 0.568. The molecule has 1 aliphatic carbocycles. The third-order valence-corrected chi connectivity index (χ3v) is 4.24. The Morgan fingerprint density at radius 1 is 1.38 bits per heavy atom. The zero-order valence-corrected chi connectivity index (χ0v) is 14.0. The zero-order valence-electron chi connectivity index (χ0n) is 12.4. The number of hydrogen-bond acceptors (Lipinski definition) is 4. The van der Waals surface area contributed by atoms with Crippen molar-refractivity contribution in [1.29, 1.82) is 0 Å². The molecule has 112 valence electrons. The van der Waals surface area contributed by atoms with Crippen LogP contribution < -0.4 is 5.32 Å². The Hall–Kier alpha value is -1.33. The van der Waals surface area contributed by atoms with E-state index in [9.17, 15) is 0 Å². The van der Waals surface area contributed by atoms with Gasteiger partial charge in [0.15, 0.2) is 5.89 Å². The highest BCUT2D eigenvalue weighted by Crippen LogP contribution is 2.39. The molecule has 1 aliphatic rings. The molecule has 3 rings (SSSR count). The van der Waals surface area contributed by atoms with Gasteiger partial charge in [0, 0.05) is 22.6 Å². The molecule has 1 fully saturated rings. The van der Waals surface area contributed by atoms with Gasteiger partial charge in [0.25, 0.3) is 0 Å². The smallest absolute Gasteiger partial charge is 0.197 e. The van der Waals surface area contributed by atoms with Crippen LogP contribution in [0.4, 0.5) is 5.69 Å². The van der Waals surface area contributed by atoms with E-state index in [4.69, 9.17) is 4.42 Å². The van der Waals surface area contributed by atoms with Crippen LogP contribution in [-0.4, -0.2) is 24.0 Å². The molecule has 4 nitrogen and oxygen atoms in total. The quantitative estimate of drug-likeness (QED) is 0.855. The summed E-state index contributed by atoms with van der Waals surface area (Å²) in [5, 5.41) is 3.38. The lowest BCUT2D eigenvalue weighted by Gasteiger charge is -2.13. The molecule has 0 unspecified atom stereocenters. The standard InChI is InChI=1S/C16H20BrN3O/c1-20(2)10-12-5-6-13(7-15(12)17)18-8-14-9-19-16(21-14)11-3-4-11/h5-7,9,11,18H,3-4,8,10H2,1-2H3. The first-order valence-electron chi connectivity index (χ1n) is 7.23. The normalized spacial score (nSPS) is 14.7. The Kier molecular flexibility index (Phi) is 4.31. The van der Waals surface area contributed by atoms with Crippen molar-refractivity contribution in [2.45, 2.75) is 31.8 Å². The van der Waals surface area contributed by atoms with Crippen LogP contribution in [0.2, 0.25) is 0 Å². The van der Waals surface area contributed by atoms with E-state index in [0.29, 0.717) is 12.5 Å². The fourth-order valence-corrected chi connectivity index (χ4v) is 2.74. The summed E-state index contributed by atoms with van der Waals surface area (Å²) >= 11 is 3.63. The lowest BCUT2D eigenvalue weighted by Crippen LogP contribution is -2.11. The summed E-state index contributed by atoms with van der Waals surface area (Å²) in [5.74, 6) is 2.36. The van der Waals surface area contributed by atoms with Crippen LogP contribution in [0.1, 0.15) is 36.0 Å². The number of benzene rings is 1. The van der Waals surface area contributed by atoms with Gasteiger partial charge in [-0.3, -0.25) is 0 Å². The van der Waals surface area contributed by atoms with Gasteiger partial charge in [-0.25, -0.2) is 4.98 Å². The van der Waals surface area contributed by atoms with Gasteiger partial charge in [-0.15, -0.1) is 0 Å². The number of hydrogen-bond donors (Lipinski definition) is 1. The molecule has 1 N–H and O–H groups in total. The van der Waals surface area contributed by atoms with E-state index in [1.807, 2.05) is 6.20 Å².